The summed E-state index contributed by atoms with van der Waals surface area (Å²) in [5, 5.41) is 24.3. The Morgan fingerprint density at radius 2 is 1.79 bits per heavy atom. The van der Waals surface area contributed by atoms with Crippen LogP contribution in [0, 0.1) is 6.92 Å². The van der Waals surface area contributed by atoms with E-state index in [9.17, 15) is 14.8 Å². The fourth-order valence-electron chi connectivity index (χ4n) is 2.51. The first-order valence-electron chi connectivity index (χ1n) is 8.04. The molecule has 2 aromatic carbocycles. The summed E-state index contributed by atoms with van der Waals surface area (Å²) in [5.41, 5.74) is 3.26. The van der Waals surface area contributed by atoms with Crippen LogP contribution in [-0.2, 0) is 12.8 Å². The van der Waals surface area contributed by atoms with Crippen LogP contribution in [0.2, 0.25) is 0 Å². The van der Waals surface area contributed by atoms with Crippen LogP contribution in [-0.4, -0.2) is 35.7 Å². The first-order chi connectivity index (χ1) is 11.5. The number of nitrogens with one attached hydrogen (secondary N) is 2. The zero-order valence-corrected chi connectivity index (χ0v) is 13.8. The lowest BCUT2D eigenvalue weighted by atomic mass is 9.76. The van der Waals surface area contributed by atoms with Gasteiger partial charge in [-0.25, -0.2) is 4.79 Å². The summed E-state index contributed by atoms with van der Waals surface area (Å²) in [6.45, 7) is 2.51. The SMILES string of the molecule is Cc1cccc(CCNC(=O)N[C@@H](Cc2ccccc2)B(O)O)c1. The van der Waals surface area contributed by atoms with Crippen molar-refractivity contribution < 1.29 is 14.8 Å². The van der Waals surface area contributed by atoms with E-state index in [0.29, 0.717) is 13.0 Å². The lowest BCUT2D eigenvalue weighted by Gasteiger charge is -2.18. The molecule has 0 aromatic heterocycles. The third-order valence-corrected chi connectivity index (χ3v) is 3.76. The number of amides is 2. The number of hydrogen-bond acceptors (Lipinski definition) is 3. The molecule has 0 aliphatic rings. The van der Waals surface area contributed by atoms with Crippen LogP contribution in [0.4, 0.5) is 4.79 Å². The van der Waals surface area contributed by atoms with Crippen molar-refractivity contribution in [1.82, 2.24) is 10.6 Å². The highest BCUT2D eigenvalue weighted by molar-refractivity contribution is 6.43. The molecule has 126 valence electrons. The lowest BCUT2D eigenvalue weighted by Crippen LogP contribution is -2.51. The molecule has 6 heteroatoms. The van der Waals surface area contributed by atoms with Crippen LogP contribution in [0.3, 0.4) is 0 Å². The highest BCUT2D eigenvalue weighted by Crippen LogP contribution is 2.05. The maximum absolute atomic E-state index is 12.0. The second-order valence-electron chi connectivity index (χ2n) is 5.85. The predicted molar refractivity (Wildman–Crippen MR) is 95.5 cm³/mol. The Kier molecular flexibility index (Phi) is 6.84. The molecule has 0 aliphatic carbocycles. The Morgan fingerprint density at radius 3 is 2.46 bits per heavy atom. The first-order valence-corrected chi connectivity index (χ1v) is 8.04. The van der Waals surface area contributed by atoms with Crippen molar-refractivity contribution in [3.05, 3.63) is 71.3 Å². The van der Waals surface area contributed by atoms with Gasteiger partial charge in [0.1, 0.15) is 0 Å². The Balaban J connectivity index is 1.80. The molecule has 2 rings (SSSR count). The van der Waals surface area contributed by atoms with Gasteiger partial charge < -0.3 is 20.7 Å². The predicted octanol–water partition coefficient (Wildman–Crippen LogP) is 1.46. The Morgan fingerprint density at radius 1 is 1.08 bits per heavy atom. The van der Waals surface area contributed by atoms with E-state index in [2.05, 4.69) is 16.7 Å². The molecule has 1 atom stereocenters. The van der Waals surface area contributed by atoms with Gasteiger partial charge in [0.05, 0.1) is 5.94 Å². The third kappa shape index (κ3) is 6.06. The molecule has 2 aromatic rings. The molecule has 2 amide bonds. The number of urea groups is 1. The quantitative estimate of drug-likeness (QED) is 0.582. The smallest absolute Gasteiger partial charge is 0.426 e. The van der Waals surface area contributed by atoms with Gasteiger partial charge in [-0.2, -0.15) is 0 Å². The summed E-state index contributed by atoms with van der Waals surface area (Å²) >= 11 is 0. The summed E-state index contributed by atoms with van der Waals surface area (Å²) < 4.78 is 0. The van der Waals surface area contributed by atoms with Crippen LogP contribution >= 0.6 is 0 Å². The standard InChI is InChI=1S/C18H23BN2O3/c1-14-6-5-9-16(12-14)10-11-20-18(22)21-17(19(23)24)13-15-7-3-2-4-8-15/h2-9,12,17,23-24H,10-11,13H2,1H3,(H2,20,21,22)/t17-/m0/s1. The van der Waals surface area contributed by atoms with Crippen LogP contribution in [0.1, 0.15) is 16.7 Å². The summed E-state index contributed by atoms with van der Waals surface area (Å²) in [7, 11) is -1.62. The number of carbonyl (C=O) groups is 1. The number of hydrogen-bond donors (Lipinski definition) is 4. The lowest BCUT2D eigenvalue weighted by molar-refractivity contribution is 0.237. The fourth-order valence-corrected chi connectivity index (χ4v) is 2.51. The molecule has 0 bridgehead atoms. The maximum Gasteiger partial charge on any atom is 0.475 e. The zero-order chi connectivity index (χ0) is 17.4. The normalized spacial score (nSPS) is 11.6. The maximum atomic E-state index is 12.0. The molecule has 0 aliphatic heterocycles. The second kappa shape index (κ2) is 9.10. The summed E-state index contributed by atoms with van der Waals surface area (Å²) in [4.78, 5) is 12.0. The Labute approximate surface area is 142 Å². The minimum absolute atomic E-state index is 0.351. The second-order valence-corrected chi connectivity index (χ2v) is 5.85. The zero-order valence-electron chi connectivity index (χ0n) is 13.8. The topological polar surface area (TPSA) is 81.6 Å². The van der Waals surface area contributed by atoms with Crippen molar-refractivity contribution >= 4 is 13.1 Å². The molecule has 24 heavy (non-hydrogen) atoms. The molecule has 0 spiro atoms. The molecule has 5 nitrogen and oxygen atoms in total. The fraction of sp³-hybridized carbons (Fsp3) is 0.278. The van der Waals surface area contributed by atoms with Crippen molar-refractivity contribution in [1.29, 1.82) is 0 Å². The molecule has 0 radical (unpaired) electrons. The highest BCUT2D eigenvalue weighted by Gasteiger charge is 2.25. The highest BCUT2D eigenvalue weighted by atomic mass is 16.4. The molecule has 0 saturated carbocycles. The van der Waals surface area contributed by atoms with E-state index in [1.807, 2.05) is 55.5 Å². The first kappa shape index (κ1) is 18.0. The molecule has 0 heterocycles. The van der Waals surface area contributed by atoms with Crippen molar-refractivity contribution in [2.45, 2.75) is 25.7 Å². The summed E-state index contributed by atoms with van der Waals surface area (Å²) in [6.07, 6.45) is 1.07. The van der Waals surface area contributed by atoms with Gasteiger partial charge in [0.2, 0.25) is 0 Å². The van der Waals surface area contributed by atoms with Crippen LogP contribution in [0.25, 0.3) is 0 Å². The van der Waals surface area contributed by atoms with Gasteiger partial charge in [0, 0.05) is 6.54 Å². The van der Waals surface area contributed by atoms with Crippen molar-refractivity contribution in [2.24, 2.45) is 0 Å². The van der Waals surface area contributed by atoms with Gasteiger partial charge in [-0.15, -0.1) is 0 Å². The van der Waals surface area contributed by atoms with E-state index in [-0.39, 0.29) is 0 Å². The number of carbonyl (C=O) groups excluding carboxylic acids is 1. The number of rotatable bonds is 7. The minimum Gasteiger partial charge on any atom is -0.426 e. The van der Waals surface area contributed by atoms with Gasteiger partial charge in [0.25, 0.3) is 0 Å². The van der Waals surface area contributed by atoms with E-state index < -0.39 is 19.1 Å². The number of aryl methyl sites for hydroxylation is 1. The Hall–Kier alpha value is -2.31. The Bertz CT molecular complexity index is 650. The molecule has 0 saturated heterocycles. The summed E-state index contributed by atoms with van der Waals surface area (Å²) in [5.74, 6) is -0.758. The minimum atomic E-state index is -1.62. The van der Waals surface area contributed by atoms with E-state index >= 15 is 0 Å². The monoisotopic (exact) mass is 326 g/mol. The molecule has 0 fully saturated rings. The van der Waals surface area contributed by atoms with E-state index in [4.69, 9.17) is 0 Å². The van der Waals surface area contributed by atoms with Gasteiger partial charge in [-0.3, -0.25) is 0 Å². The molecule has 4 N–H and O–H groups in total. The van der Waals surface area contributed by atoms with E-state index in [1.165, 1.54) is 5.56 Å². The van der Waals surface area contributed by atoms with E-state index in [1.54, 1.807) is 0 Å². The molecular formula is C18H23BN2O3. The van der Waals surface area contributed by atoms with Crippen LogP contribution in [0.15, 0.2) is 54.6 Å². The molecule has 0 unspecified atom stereocenters. The van der Waals surface area contributed by atoms with Gasteiger partial charge >= 0.3 is 13.1 Å². The van der Waals surface area contributed by atoms with E-state index in [0.717, 1.165) is 17.5 Å². The molecular weight excluding hydrogens is 303 g/mol. The van der Waals surface area contributed by atoms with Gasteiger partial charge in [-0.1, -0.05) is 60.2 Å². The average molecular weight is 326 g/mol. The van der Waals surface area contributed by atoms with Gasteiger partial charge in [-0.05, 0) is 30.9 Å². The van der Waals surface area contributed by atoms with Crippen LogP contribution in [0.5, 0.6) is 0 Å². The van der Waals surface area contributed by atoms with Crippen molar-refractivity contribution in [2.75, 3.05) is 6.54 Å². The largest absolute Gasteiger partial charge is 0.475 e. The average Bonchev–Trinajstić information content (AvgIpc) is 2.55. The summed E-state index contributed by atoms with van der Waals surface area (Å²) in [6, 6.07) is 17.1. The van der Waals surface area contributed by atoms with Crippen LogP contribution < -0.4 is 10.6 Å². The van der Waals surface area contributed by atoms with Crippen molar-refractivity contribution in [3.8, 4) is 0 Å². The van der Waals surface area contributed by atoms with Gasteiger partial charge in [0.15, 0.2) is 0 Å². The van der Waals surface area contributed by atoms with Crippen molar-refractivity contribution in [3.63, 3.8) is 0 Å². The third-order valence-electron chi connectivity index (χ3n) is 3.76. The number of benzene rings is 2.